The number of methoxy groups -OCH3 is 2. The minimum atomic E-state index is -3.72. The maximum atomic E-state index is 13.1. The number of rotatable bonds is 4. The van der Waals surface area contributed by atoms with E-state index in [-0.39, 0.29) is 10.1 Å². The van der Waals surface area contributed by atoms with E-state index in [1.807, 2.05) is 12.1 Å². The zero-order chi connectivity index (χ0) is 19.2. The van der Waals surface area contributed by atoms with Crippen LogP contribution in [0.4, 0.5) is 0 Å². The van der Waals surface area contributed by atoms with Crippen molar-refractivity contribution in [3.63, 3.8) is 0 Å². The molecule has 2 heterocycles. The Morgan fingerprint density at radius 3 is 2.41 bits per heavy atom. The number of benzene rings is 2. The van der Waals surface area contributed by atoms with Gasteiger partial charge in [-0.25, -0.2) is 13.4 Å². The van der Waals surface area contributed by atoms with Crippen molar-refractivity contribution in [2.24, 2.45) is 0 Å². The summed E-state index contributed by atoms with van der Waals surface area (Å²) in [6, 6.07) is 12.1. The number of nitrogens with zero attached hydrogens (tertiary/aromatic N) is 2. The summed E-state index contributed by atoms with van der Waals surface area (Å²) in [6.45, 7) is 0.512. The Kier molecular flexibility index (Phi) is 4.47. The standard InChI is InChI=1S/C19H17BrN2O4S/c1-25-15-10-12-8-9-22-17(14(12)11-16(15)26-2)18(20)21-19(22)27(23,24)13-6-4-3-5-7-13/h3-7,10-11H,8-9H2,1-2H3. The molecule has 0 fully saturated rings. The average Bonchev–Trinajstić information content (AvgIpc) is 3.05. The van der Waals surface area contributed by atoms with Crippen molar-refractivity contribution >= 4 is 25.8 Å². The fraction of sp³-hybridized carbons (Fsp3) is 0.211. The summed E-state index contributed by atoms with van der Waals surface area (Å²) in [7, 11) is -0.556. The summed E-state index contributed by atoms with van der Waals surface area (Å²) in [6.07, 6.45) is 0.669. The molecule has 0 aliphatic carbocycles. The van der Waals surface area contributed by atoms with Gasteiger partial charge in [0.1, 0.15) is 4.60 Å². The second-order valence-corrected chi connectivity index (χ2v) is 8.71. The SMILES string of the molecule is COc1cc2c(cc1OC)-c1c(Br)nc(S(=O)(=O)c3ccccc3)n1CC2. The van der Waals surface area contributed by atoms with Gasteiger partial charge in [0.25, 0.3) is 0 Å². The maximum Gasteiger partial charge on any atom is 0.240 e. The Labute approximate surface area is 165 Å². The van der Waals surface area contributed by atoms with Crippen LogP contribution < -0.4 is 9.47 Å². The first-order valence-electron chi connectivity index (χ1n) is 8.28. The van der Waals surface area contributed by atoms with Gasteiger partial charge in [0.2, 0.25) is 15.0 Å². The number of aromatic nitrogens is 2. The van der Waals surface area contributed by atoms with Crippen LogP contribution in [0.5, 0.6) is 11.5 Å². The third kappa shape index (κ3) is 2.83. The zero-order valence-electron chi connectivity index (χ0n) is 14.8. The molecular weight excluding hydrogens is 432 g/mol. The Hall–Kier alpha value is -2.32. The number of ether oxygens (including phenoxy) is 2. The van der Waals surface area contributed by atoms with E-state index in [1.165, 1.54) is 0 Å². The number of hydrogen-bond donors (Lipinski definition) is 0. The molecule has 0 atom stereocenters. The highest BCUT2D eigenvalue weighted by Gasteiger charge is 2.31. The van der Waals surface area contributed by atoms with Crippen LogP contribution in [0, 0.1) is 0 Å². The van der Waals surface area contributed by atoms with Crippen LogP contribution in [0.3, 0.4) is 0 Å². The number of aryl methyl sites for hydroxylation is 1. The van der Waals surface area contributed by atoms with E-state index in [4.69, 9.17) is 9.47 Å². The molecule has 3 aromatic rings. The second kappa shape index (κ2) is 6.69. The molecule has 0 saturated carbocycles. The molecule has 1 aromatic heterocycles. The van der Waals surface area contributed by atoms with Crippen LogP contribution in [-0.2, 0) is 22.8 Å². The van der Waals surface area contributed by atoms with E-state index in [2.05, 4.69) is 20.9 Å². The van der Waals surface area contributed by atoms with Crippen molar-refractivity contribution in [3.8, 4) is 22.8 Å². The summed E-state index contributed by atoms with van der Waals surface area (Å²) in [5.74, 6) is 1.24. The molecule has 1 aliphatic rings. The third-order valence-corrected chi connectivity index (χ3v) is 6.89. The lowest BCUT2D eigenvalue weighted by Gasteiger charge is -2.22. The molecule has 1 aliphatic heterocycles. The second-order valence-electron chi connectivity index (χ2n) is 6.12. The van der Waals surface area contributed by atoms with E-state index in [1.54, 1.807) is 49.1 Å². The summed E-state index contributed by atoms with van der Waals surface area (Å²) < 4.78 is 39.2. The maximum absolute atomic E-state index is 13.1. The van der Waals surface area contributed by atoms with Gasteiger partial charge >= 0.3 is 0 Å². The van der Waals surface area contributed by atoms with Gasteiger partial charge < -0.3 is 14.0 Å². The van der Waals surface area contributed by atoms with Crippen molar-refractivity contribution < 1.29 is 17.9 Å². The van der Waals surface area contributed by atoms with E-state index in [9.17, 15) is 8.42 Å². The first-order chi connectivity index (χ1) is 13.0. The molecule has 2 aromatic carbocycles. The van der Waals surface area contributed by atoms with Gasteiger partial charge in [-0.15, -0.1) is 0 Å². The quantitative estimate of drug-likeness (QED) is 0.608. The van der Waals surface area contributed by atoms with Crippen LogP contribution in [0.2, 0.25) is 0 Å². The summed E-state index contributed by atoms with van der Waals surface area (Å²) in [4.78, 5) is 4.58. The van der Waals surface area contributed by atoms with Gasteiger partial charge in [0.05, 0.1) is 24.8 Å². The number of hydrogen-bond acceptors (Lipinski definition) is 5. The van der Waals surface area contributed by atoms with Crippen LogP contribution in [0.25, 0.3) is 11.3 Å². The number of imidazole rings is 1. The Morgan fingerprint density at radius 1 is 1.07 bits per heavy atom. The van der Waals surface area contributed by atoms with Crippen molar-refractivity contribution in [2.45, 2.75) is 23.0 Å². The zero-order valence-corrected chi connectivity index (χ0v) is 17.2. The molecule has 27 heavy (non-hydrogen) atoms. The lowest BCUT2D eigenvalue weighted by atomic mass is 9.98. The van der Waals surface area contributed by atoms with Gasteiger partial charge in [-0.05, 0) is 52.2 Å². The third-order valence-electron chi connectivity index (χ3n) is 4.65. The van der Waals surface area contributed by atoms with Gasteiger partial charge in [-0.1, -0.05) is 18.2 Å². The first-order valence-corrected chi connectivity index (χ1v) is 10.6. The van der Waals surface area contributed by atoms with E-state index >= 15 is 0 Å². The molecule has 6 nitrogen and oxygen atoms in total. The fourth-order valence-electron chi connectivity index (χ4n) is 3.36. The van der Waals surface area contributed by atoms with Gasteiger partial charge in [-0.2, -0.15) is 0 Å². The minimum absolute atomic E-state index is 0.0380. The predicted molar refractivity (Wildman–Crippen MR) is 104 cm³/mol. The molecule has 0 amide bonds. The highest BCUT2D eigenvalue weighted by molar-refractivity contribution is 9.10. The van der Waals surface area contributed by atoms with Gasteiger partial charge in [0, 0.05) is 12.1 Å². The van der Waals surface area contributed by atoms with Gasteiger partial charge in [0.15, 0.2) is 11.5 Å². The smallest absolute Gasteiger partial charge is 0.240 e. The number of sulfone groups is 1. The Morgan fingerprint density at radius 2 is 1.74 bits per heavy atom. The molecule has 4 rings (SSSR count). The van der Waals surface area contributed by atoms with Crippen molar-refractivity contribution in [2.75, 3.05) is 14.2 Å². The van der Waals surface area contributed by atoms with E-state index < -0.39 is 9.84 Å². The topological polar surface area (TPSA) is 70.4 Å². The summed E-state index contributed by atoms with van der Waals surface area (Å²) >= 11 is 3.45. The van der Waals surface area contributed by atoms with E-state index in [0.717, 1.165) is 16.8 Å². The van der Waals surface area contributed by atoms with Crippen LogP contribution in [0.1, 0.15) is 5.56 Å². The minimum Gasteiger partial charge on any atom is -0.493 e. The Balaban J connectivity index is 1.92. The highest BCUT2D eigenvalue weighted by atomic mass is 79.9. The average molecular weight is 449 g/mol. The lowest BCUT2D eigenvalue weighted by Crippen LogP contribution is -2.17. The van der Waals surface area contributed by atoms with Gasteiger partial charge in [-0.3, -0.25) is 0 Å². The highest BCUT2D eigenvalue weighted by Crippen LogP contribution is 2.42. The fourth-order valence-corrected chi connectivity index (χ4v) is 5.48. The van der Waals surface area contributed by atoms with Crippen LogP contribution >= 0.6 is 15.9 Å². The molecule has 0 N–H and O–H groups in total. The number of fused-ring (bicyclic) bond motifs is 3. The molecule has 140 valence electrons. The monoisotopic (exact) mass is 448 g/mol. The van der Waals surface area contributed by atoms with Crippen molar-refractivity contribution in [1.29, 1.82) is 0 Å². The molecular formula is C19H17BrN2O4S. The largest absolute Gasteiger partial charge is 0.493 e. The number of halogens is 1. The molecule has 0 spiro atoms. The summed E-state index contributed by atoms with van der Waals surface area (Å²) in [5.41, 5.74) is 2.67. The molecule has 0 saturated heterocycles. The van der Waals surface area contributed by atoms with E-state index in [0.29, 0.717) is 29.1 Å². The molecule has 0 bridgehead atoms. The summed E-state index contributed by atoms with van der Waals surface area (Å²) in [5, 5.41) is 0.0380. The molecule has 0 unspecified atom stereocenters. The first kappa shape index (κ1) is 18.1. The molecule has 0 radical (unpaired) electrons. The van der Waals surface area contributed by atoms with Crippen molar-refractivity contribution in [1.82, 2.24) is 9.55 Å². The normalized spacial score (nSPS) is 13.0. The van der Waals surface area contributed by atoms with Crippen LogP contribution in [-0.4, -0.2) is 32.2 Å². The van der Waals surface area contributed by atoms with Crippen molar-refractivity contribution in [3.05, 3.63) is 52.6 Å². The predicted octanol–water partition coefficient (Wildman–Crippen LogP) is 3.72. The lowest BCUT2D eigenvalue weighted by molar-refractivity contribution is 0.354. The van der Waals surface area contributed by atoms with Crippen LogP contribution in [0.15, 0.2) is 57.1 Å². The molecule has 8 heteroatoms. The Bertz CT molecular complexity index is 1120.